The van der Waals surface area contributed by atoms with Gasteiger partial charge in [0.15, 0.2) is 0 Å². The molecule has 0 bridgehead atoms. The molecule has 0 unspecified atom stereocenters. The van der Waals surface area contributed by atoms with Gasteiger partial charge in [0.1, 0.15) is 10.7 Å². The maximum absolute atomic E-state index is 12.6. The van der Waals surface area contributed by atoms with Crippen molar-refractivity contribution >= 4 is 28.6 Å². The fourth-order valence-electron chi connectivity index (χ4n) is 2.37. The lowest BCUT2D eigenvalue weighted by atomic mass is 10.2. The lowest BCUT2D eigenvalue weighted by Gasteiger charge is -2.12. The molecule has 0 saturated carbocycles. The van der Waals surface area contributed by atoms with Crippen molar-refractivity contribution in [2.75, 3.05) is 7.05 Å². The van der Waals surface area contributed by atoms with Crippen molar-refractivity contribution < 1.29 is 9.21 Å². The van der Waals surface area contributed by atoms with Crippen molar-refractivity contribution in [3.63, 3.8) is 0 Å². The van der Waals surface area contributed by atoms with Crippen LogP contribution in [0.1, 0.15) is 16.4 Å². The van der Waals surface area contributed by atoms with Crippen LogP contribution in [0.3, 0.4) is 0 Å². The Morgan fingerprint density at radius 3 is 2.73 bits per heavy atom. The lowest BCUT2D eigenvalue weighted by molar-refractivity contribution is 0.0768. The summed E-state index contributed by atoms with van der Waals surface area (Å²) in [6, 6.07) is 13.5. The highest BCUT2D eigenvalue weighted by Gasteiger charge is 2.19. The SMILES string of the molecule is CN(Cc1nnc(-c2ccccc2)o1)C(=O)c1csc(-c2cccs2)n1. The molecule has 8 heteroatoms. The van der Waals surface area contributed by atoms with Crippen molar-refractivity contribution in [2.45, 2.75) is 6.54 Å². The van der Waals surface area contributed by atoms with Crippen LogP contribution in [0.15, 0.2) is 57.6 Å². The Morgan fingerprint density at radius 1 is 1.12 bits per heavy atom. The van der Waals surface area contributed by atoms with E-state index in [1.54, 1.807) is 23.8 Å². The molecule has 6 nitrogen and oxygen atoms in total. The van der Waals surface area contributed by atoms with Gasteiger partial charge in [-0.05, 0) is 23.6 Å². The quantitative estimate of drug-likeness (QED) is 0.517. The predicted molar refractivity (Wildman–Crippen MR) is 101 cm³/mol. The minimum Gasteiger partial charge on any atom is -0.419 e. The van der Waals surface area contributed by atoms with Crippen molar-refractivity contribution in [3.8, 4) is 21.3 Å². The summed E-state index contributed by atoms with van der Waals surface area (Å²) >= 11 is 3.06. The number of aromatic nitrogens is 3. The summed E-state index contributed by atoms with van der Waals surface area (Å²) in [6.07, 6.45) is 0. The molecule has 1 amide bonds. The summed E-state index contributed by atoms with van der Waals surface area (Å²) < 4.78 is 5.66. The van der Waals surface area contributed by atoms with Crippen LogP contribution < -0.4 is 0 Å². The minimum absolute atomic E-state index is 0.177. The Morgan fingerprint density at radius 2 is 1.96 bits per heavy atom. The molecule has 0 fully saturated rings. The maximum atomic E-state index is 12.6. The van der Waals surface area contributed by atoms with Crippen LogP contribution in [-0.2, 0) is 6.54 Å². The highest BCUT2D eigenvalue weighted by Crippen LogP contribution is 2.28. The van der Waals surface area contributed by atoms with Gasteiger partial charge < -0.3 is 9.32 Å². The molecule has 26 heavy (non-hydrogen) atoms. The number of amides is 1. The van der Waals surface area contributed by atoms with E-state index in [1.807, 2.05) is 47.8 Å². The first kappa shape index (κ1) is 16.6. The zero-order chi connectivity index (χ0) is 17.9. The Hall–Kier alpha value is -2.84. The fourth-order valence-corrected chi connectivity index (χ4v) is 3.98. The Kier molecular flexibility index (Phi) is 4.59. The van der Waals surface area contributed by atoms with E-state index in [0.717, 1.165) is 15.4 Å². The topological polar surface area (TPSA) is 72.1 Å². The number of carbonyl (C=O) groups is 1. The number of carbonyl (C=O) groups excluding carboxylic acids is 1. The van der Waals surface area contributed by atoms with Crippen molar-refractivity contribution in [1.82, 2.24) is 20.1 Å². The minimum atomic E-state index is -0.177. The van der Waals surface area contributed by atoms with Crippen molar-refractivity contribution in [3.05, 3.63) is 64.8 Å². The van der Waals surface area contributed by atoms with E-state index in [0.29, 0.717) is 17.5 Å². The average molecular weight is 382 g/mol. The van der Waals surface area contributed by atoms with E-state index in [9.17, 15) is 4.79 Å². The van der Waals surface area contributed by atoms with Crippen LogP contribution in [0.5, 0.6) is 0 Å². The summed E-state index contributed by atoms with van der Waals surface area (Å²) in [5.41, 5.74) is 1.27. The molecule has 3 aromatic heterocycles. The molecule has 0 aliphatic heterocycles. The van der Waals surface area contributed by atoms with E-state index in [1.165, 1.54) is 16.2 Å². The number of benzene rings is 1. The van der Waals surface area contributed by atoms with Crippen LogP contribution in [0.2, 0.25) is 0 Å². The number of thiazole rings is 1. The molecule has 0 atom stereocenters. The van der Waals surface area contributed by atoms with Gasteiger partial charge >= 0.3 is 0 Å². The highest BCUT2D eigenvalue weighted by atomic mass is 32.1. The van der Waals surface area contributed by atoms with Crippen molar-refractivity contribution in [1.29, 1.82) is 0 Å². The molecule has 0 aliphatic carbocycles. The lowest BCUT2D eigenvalue weighted by Crippen LogP contribution is -2.26. The van der Waals surface area contributed by atoms with E-state index < -0.39 is 0 Å². The van der Waals surface area contributed by atoms with Gasteiger partial charge in [0, 0.05) is 18.0 Å². The van der Waals surface area contributed by atoms with E-state index in [-0.39, 0.29) is 12.5 Å². The average Bonchev–Trinajstić information content (AvgIpc) is 3.42. The fraction of sp³-hybridized carbons (Fsp3) is 0.111. The second kappa shape index (κ2) is 7.19. The van der Waals surface area contributed by atoms with Crippen molar-refractivity contribution in [2.24, 2.45) is 0 Å². The zero-order valence-corrected chi connectivity index (χ0v) is 15.5. The summed E-state index contributed by atoms with van der Waals surface area (Å²) in [7, 11) is 1.69. The monoisotopic (exact) mass is 382 g/mol. The van der Waals surface area contributed by atoms with Gasteiger partial charge in [0.05, 0.1) is 11.4 Å². The molecule has 0 radical (unpaired) electrons. The summed E-state index contributed by atoms with van der Waals surface area (Å²) in [5, 5.41) is 12.7. The number of hydrogen-bond acceptors (Lipinski definition) is 7. The number of thiophene rings is 1. The molecule has 1 aromatic carbocycles. The number of rotatable bonds is 5. The smallest absolute Gasteiger partial charge is 0.273 e. The molecule has 3 heterocycles. The third kappa shape index (κ3) is 3.42. The molecule has 130 valence electrons. The molecule has 4 rings (SSSR count). The second-order valence-electron chi connectivity index (χ2n) is 5.54. The first-order valence-electron chi connectivity index (χ1n) is 7.83. The molecular formula is C18H14N4O2S2. The van der Waals surface area contributed by atoms with Crippen LogP contribution in [0.4, 0.5) is 0 Å². The summed E-state index contributed by atoms with van der Waals surface area (Å²) in [4.78, 5) is 19.6. The van der Waals surface area contributed by atoms with Crippen LogP contribution in [0.25, 0.3) is 21.3 Å². The molecular weight excluding hydrogens is 368 g/mol. The van der Waals surface area contributed by atoms with Gasteiger partial charge in [-0.3, -0.25) is 4.79 Å². The highest BCUT2D eigenvalue weighted by molar-refractivity contribution is 7.20. The Bertz CT molecular complexity index is 1010. The standard InChI is InChI=1S/C18H14N4O2S2/c1-22(10-15-20-21-16(24-15)12-6-3-2-4-7-12)18(23)13-11-26-17(19-13)14-8-5-9-25-14/h2-9,11H,10H2,1H3. The molecule has 0 saturated heterocycles. The largest absolute Gasteiger partial charge is 0.419 e. The first-order valence-corrected chi connectivity index (χ1v) is 9.59. The van der Waals surface area contributed by atoms with Crippen LogP contribution in [-0.4, -0.2) is 33.0 Å². The van der Waals surface area contributed by atoms with Gasteiger partial charge in [-0.1, -0.05) is 24.3 Å². The predicted octanol–water partition coefficient (Wildman–Crippen LogP) is 4.19. The number of nitrogens with zero attached hydrogens (tertiary/aromatic N) is 4. The van der Waals surface area contributed by atoms with E-state index in [4.69, 9.17) is 4.42 Å². The van der Waals surface area contributed by atoms with Gasteiger partial charge in [0.25, 0.3) is 5.91 Å². The van der Waals surface area contributed by atoms with Crippen LogP contribution in [0, 0.1) is 0 Å². The summed E-state index contributed by atoms with van der Waals surface area (Å²) in [6.45, 7) is 0.227. The Balaban J connectivity index is 1.46. The van der Waals surface area contributed by atoms with Gasteiger partial charge in [-0.25, -0.2) is 4.98 Å². The van der Waals surface area contributed by atoms with Crippen LogP contribution >= 0.6 is 22.7 Å². The third-order valence-electron chi connectivity index (χ3n) is 3.66. The van der Waals surface area contributed by atoms with Gasteiger partial charge in [-0.2, -0.15) is 0 Å². The number of hydrogen-bond donors (Lipinski definition) is 0. The normalized spacial score (nSPS) is 10.8. The first-order chi connectivity index (χ1) is 12.7. The van der Waals surface area contributed by atoms with E-state index >= 15 is 0 Å². The molecule has 4 aromatic rings. The van der Waals surface area contributed by atoms with Gasteiger partial charge in [0.2, 0.25) is 11.8 Å². The molecule has 0 aliphatic rings. The molecule has 0 N–H and O–H groups in total. The maximum Gasteiger partial charge on any atom is 0.273 e. The third-order valence-corrected chi connectivity index (χ3v) is 5.54. The molecule has 0 spiro atoms. The van der Waals surface area contributed by atoms with Gasteiger partial charge in [-0.15, -0.1) is 32.9 Å². The zero-order valence-electron chi connectivity index (χ0n) is 13.8. The second-order valence-corrected chi connectivity index (χ2v) is 7.35. The van der Waals surface area contributed by atoms with E-state index in [2.05, 4.69) is 15.2 Å². The summed E-state index contributed by atoms with van der Waals surface area (Å²) in [5.74, 6) is 0.645. The Labute approximate surface area is 157 Å².